The van der Waals surface area contributed by atoms with E-state index in [1.54, 1.807) is 6.92 Å². The fourth-order valence-corrected chi connectivity index (χ4v) is 1.52. The number of alkyl halides is 2. The Morgan fingerprint density at radius 2 is 2.00 bits per heavy atom. The maximum absolute atomic E-state index is 13.7. The predicted molar refractivity (Wildman–Crippen MR) is 68.1 cm³/mol. The minimum atomic E-state index is -2.50. The highest BCUT2D eigenvalue weighted by atomic mass is 19.3. The summed E-state index contributed by atoms with van der Waals surface area (Å²) in [5, 5.41) is 0. The maximum atomic E-state index is 13.7. The lowest BCUT2D eigenvalue weighted by molar-refractivity contribution is -0.141. The van der Waals surface area contributed by atoms with Crippen LogP contribution in [-0.2, 0) is 9.53 Å². The highest BCUT2D eigenvalue weighted by Gasteiger charge is 2.17. The first-order valence-electron chi connectivity index (χ1n) is 6.33. The molecule has 0 heterocycles. The molecule has 0 aliphatic carbocycles. The first kappa shape index (κ1) is 17.0. The van der Waals surface area contributed by atoms with Crippen LogP contribution in [0.1, 0.15) is 30.1 Å². The van der Waals surface area contributed by atoms with Crippen molar-refractivity contribution >= 4 is 11.8 Å². The average molecular weight is 304 g/mol. The third-order valence-corrected chi connectivity index (χ3v) is 2.46. The molecule has 0 amide bonds. The summed E-state index contributed by atoms with van der Waals surface area (Å²) in [6.45, 7) is 1.47. The molecule has 0 aliphatic rings. The third-order valence-electron chi connectivity index (χ3n) is 2.46. The fraction of sp³-hybridized carbons (Fsp3) is 0.429. The number of halogens is 3. The number of Topliss-reactive ketones (excluding diaryl/α,β-unsaturated/α-hetero) is 1. The van der Waals surface area contributed by atoms with Crippen molar-refractivity contribution in [2.24, 2.45) is 0 Å². The van der Waals surface area contributed by atoms with E-state index in [9.17, 15) is 22.8 Å². The van der Waals surface area contributed by atoms with E-state index in [0.29, 0.717) is 0 Å². The first-order chi connectivity index (χ1) is 9.93. The monoisotopic (exact) mass is 304 g/mol. The van der Waals surface area contributed by atoms with Crippen molar-refractivity contribution < 1.29 is 32.2 Å². The van der Waals surface area contributed by atoms with Gasteiger partial charge in [-0.05, 0) is 19.1 Å². The molecule has 0 aliphatic heterocycles. The molecule has 0 bridgehead atoms. The number of benzene rings is 1. The van der Waals surface area contributed by atoms with Gasteiger partial charge in [0.05, 0.1) is 18.8 Å². The van der Waals surface area contributed by atoms with Gasteiger partial charge in [0.2, 0.25) is 6.43 Å². The molecule has 0 spiro atoms. The lowest BCUT2D eigenvalue weighted by atomic mass is 10.1. The van der Waals surface area contributed by atoms with Crippen molar-refractivity contribution in [2.75, 3.05) is 13.2 Å². The number of rotatable bonds is 8. The van der Waals surface area contributed by atoms with Crippen LogP contribution in [0.25, 0.3) is 0 Å². The van der Waals surface area contributed by atoms with Crippen molar-refractivity contribution in [1.29, 1.82) is 0 Å². The summed E-state index contributed by atoms with van der Waals surface area (Å²) in [5.74, 6) is -2.29. The van der Waals surface area contributed by atoms with Crippen LogP contribution in [0.4, 0.5) is 13.2 Å². The Hall–Kier alpha value is -2.05. The Balaban J connectivity index is 2.65. The van der Waals surface area contributed by atoms with Crippen LogP contribution in [0.5, 0.6) is 5.75 Å². The fourth-order valence-electron chi connectivity index (χ4n) is 1.52. The average Bonchev–Trinajstić information content (AvgIpc) is 2.38. The highest BCUT2D eigenvalue weighted by Crippen LogP contribution is 2.18. The summed E-state index contributed by atoms with van der Waals surface area (Å²) in [4.78, 5) is 22.8. The molecule has 0 aromatic heterocycles. The molecule has 21 heavy (non-hydrogen) atoms. The van der Waals surface area contributed by atoms with Crippen LogP contribution >= 0.6 is 0 Å². The number of carbonyl (C=O) groups excluding carboxylic acids is 2. The molecule has 0 saturated heterocycles. The Morgan fingerprint density at radius 3 is 2.57 bits per heavy atom. The van der Waals surface area contributed by atoms with Gasteiger partial charge in [0.1, 0.15) is 18.0 Å². The van der Waals surface area contributed by atoms with Crippen molar-refractivity contribution in [3.05, 3.63) is 29.6 Å². The summed E-state index contributed by atoms with van der Waals surface area (Å²) >= 11 is 0. The molecule has 7 heteroatoms. The second-order valence-corrected chi connectivity index (χ2v) is 4.07. The van der Waals surface area contributed by atoms with Crippen molar-refractivity contribution in [2.45, 2.75) is 26.2 Å². The van der Waals surface area contributed by atoms with Crippen molar-refractivity contribution in [3.8, 4) is 5.75 Å². The van der Waals surface area contributed by atoms with Gasteiger partial charge in [-0.1, -0.05) is 0 Å². The molecule has 1 aromatic rings. The molecule has 0 unspecified atom stereocenters. The van der Waals surface area contributed by atoms with Crippen LogP contribution in [0, 0.1) is 5.82 Å². The number of hydrogen-bond acceptors (Lipinski definition) is 4. The van der Waals surface area contributed by atoms with E-state index >= 15 is 0 Å². The predicted octanol–water partition coefficient (Wildman–Crippen LogP) is 3.00. The summed E-state index contributed by atoms with van der Waals surface area (Å²) < 4.78 is 47.1. The Kier molecular flexibility index (Phi) is 6.71. The minimum Gasteiger partial charge on any atom is -0.493 e. The normalized spacial score (nSPS) is 10.5. The second-order valence-electron chi connectivity index (χ2n) is 4.07. The Bertz CT molecular complexity index is 503. The van der Waals surface area contributed by atoms with E-state index in [1.165, 1.54) is 6.07 Å². The molecule has 0 fully saturated rings. The largest absolute Gasteiger partial charge is 0.493 e. The Morgan fingerprint density at radius 1 is 1.29 bits per heavy atom. The quantitative estimate of drug-likeness (QED) is 0.421. The lowest BCUT2D eigenvalue weighted by Gasteiger charge is -2.08. The third kappa shape index (κ3) is 5.85. The van der Waals surface area contributed by atoms with Gasteiger partial charge in [0, 0.05) is 12.5 Å². The van der Waals surface area contributed by atoms with Gasteiger partial charge in [0.25, 0.3) is 0 Å². The zero-order valence-corrected chi connectivity index (χ0v) is 11.4. The summed E-state index contributed by atoms with van der Waals surface area (Å²) in [6, 6.07) is 3.35. The van der Waals surface area contributed by atoms with Crippen LogP contribution in [0.2, 0.25) is 0 Å². The van der Waals surface area contributed by atoms with Crippen LogP contribution in [0.3, 0.4) is 0 Å². The van der Waals surface area contributed by atoms with Crippen molar-refractivity contribution in [3.63, 3.8) is 0 Å². The first-order valence-corrected chi connectivity index (χ1v) is 6.33. The molecule has 1 rings (SSSR count). The lowest BCUT2D eigenvalue weighted by Crippen LogP contribution is -2.12. The van der Waals surface area contributed by atoms with Gasteiger partial charge in [-0.15, -0.1) is 0 Å². The van der Waals surface area contributed by atoms with Gasteiger partial charge in [-0.2, -0.15) is 0 Å². The zero-order chi connectivity index (χ0) is 15.8. The number of ketones is 1. The number of ether oxygens (including phenoxy) is 2. The summed E-state index contributed by atoms with van der Waals surface area (Å²) in [7, 11) is 0. The maximum Gasteiger partial charge on any atom is 0.313 e. The van der Waals surface area contributed by atoms with Gasteiger partial charge in [-0.3, -0.25) is 9.59 Å². The van der Waals surface area contributed by atoms with Gasteiger partial charge >= 0.3 is 5.97 Å². The van der Waals surface area contributed by atoms with E-state index in [2.05, 4.69) is 4.74 Å². The van der Waals surface area contributed by atoms with Crippen LogP contribution in [-0.4, -0.2) is 31.4 Å². The standard InChI is InChI=1S/C14H15F3O4/c1-2-20-14(19)8-12(18)10-4-3-9(7-11(10)15)21-6-5-13(16)17/h3-4,7,13H,2,5-6,8H2,1H3. The van der Waals surface area contributed by atoms with E-state index in [-0.39, 0.29) is 24.5 Å². The Labute approximate surface area is 119 Å². The second kappa shape index (κ2) is 8.28. The number of hydrogen-bond donors (Lipinski definition) is 0. The molecule has 0 N–H and O–H groups in total. The van der Waals surface area contributed by atoms with Crippen LogP contribution in [0.15, 0.2) is 18.2 Å². The topological polar surface area (TPSA) is 52.6 Å². The van der Waals surface area contributed by atoms with E-state index in [0.717, 1.165) is 12.1 Å². The molecule has 0 atom stereocenters. The van der Waals surface area contributed by atoms with E-state index < -0.39 is 36.8 Å². The summed E-state index contributed by atoms with van der Waals surface area (Å²) in [5.41, 5.74) is -0.274. The van der Waals surface area contributed by atoms with E-state index in [4.69, 9.17) is 4.74 Å². The van der Waals surface area contributed by atoms with Gasteiger partial charge in [0.15, 0.2) is 5.78 Å². The smallest absolute Gasteiger partial charge is 0.313 e. The van der Waals surface area contributed by atoms with Gasteiger partial charge < -0.3 is 9.47 Å². The minimum absolute atomic E-state index is 0.0424. The number of carbonyl (C=O) groups is 2. The van der Waals surface area contributed by atoms with E-state index in [1.807, 2.05) is 0 Å². The van der Waals surface area contributed by atoms with Crippen LogP contribution < -0.4 is 4.74 Å². The molecular formula is C14H15F3O4. The molecule has 116 valence electrons. The summed E-state index contributed by atoms with van der Waals surface area (Å²) in [6.07, 6.45) is -3.53. The highest BCUT2D eigenvalue weighted by molar-refractivity contribution is 6.06. The molecule has 0 radical (unpaired) electrons. The zero-order valence-electron chi connectivity index (χ0n) is 11.4. The van der Waals surface area contributed by atoms with Gasteiger partial charge in [-0.25, -0.2) is 13.2 Å². The molecule has 0 saturated carbocycles. The SMILES string of the molecule is CCOC(=O)CC(=O)c1ccc(OCCC(F)F)cc1F. The number of esters is 1. The molecular weight excluding hydrogens is 289 g/mol. The van der Waals surface area contributed by atoms with Crippen molar-refractivity contribution in [1.82, 2.24) is 0 Å². The molecule has 4 nitrogen and oxygen atoms in total. The molecule has 1 aromatic carbocycles.